The van der Waals surface area contributed by atoms with E-state index in [2.05, 4.69) is 10.3 Å². The maximum Gasteiger partial charge on any atom is 0.194 e. The first kappa shape index (κ1) is 19.0. The summed E-state index contributed by atoms with van der Waals surface area (Å²) in [5.74, 6) is -3.58. The molecule has 1 heterocycles. The van der Waals surface area contributed by atoms with E-state index in [0.29, 0.717) is 25.1 Å². The van der Waals surface area contributed by atoms with Gasteiger partial charge in [0.15, 0.2) is 23.4 Å². The monoisotopic (exact) mass is 429 g/mol. The fourth-order valence-electron chi connectivity index (χ4n) is 2.13. The summed E-state index contributed by atoms with van der Waals surface area (Å²) in [5, 5.41) is 2.84. The molecule has 124 valence electrons. The van der Waals surface area contributed by atoms with Crippen molar-refractivity contribution in [2.45, 2.75) is 25.4 Å². The molecule has 1 aliphatic rings. The van der Waals surface area contributed by atoms with Crippen molar-refractivity contribution in [2.24, 2.45) is 10.7 Å². The van der Waals surface area contributed by atoms with Crippen molar-refractivity contribution in [3.63, 3.8) is 0 Å². The number of hydrogen-bond donors (Lipinski definition) is 2. The predicted molar refractivity (Wildman–Crippen MR) is 88.9 cm³/mol. The highest BCUT2D eigenvalue weighted by Gasteiger charge is 2.14. The van der Waals surface area contributed by atoms with E-state index in [9.17, 15) is 13.2 Å². The highest BCUT2D eigenvalue weighted by Crippen LogP contribution is 2.14. The Kier molecular flexibility index (Phi) is 7.94. The van der Waals surface area contributed by atoms with Crippen molar-refractivity contribution < 1.29 is 17.9 Å². The van der Waals surface area contributed by atoms with Crippen LogP contribution in [-0.4, -0.2) is 31.8 Å². The van der Waals surface area contributed by atoms with Crippen molar-refractivity contribution in [1.29, 1.82) is 0 Å². The molecule has 2 rings (SSSR count). The number of benzene rings is 1. The topological polar surface area (TPSA) is 59.6 Å². The van der Waals surface area contributed by atoms with E-state index >= 15 is 0 Å². The van der Waals surface area contributed by atoms with Crippen LogP contribution in [0.2, 0.25) is 0 Å². The van der Waals surface area contributed by atoms with Gasteiger partial charge in [0.1, 0.15) is 0 Å². The first-order valence-electron chi connectivity index (χ1n) is 6.85. The summed E-state index contributed by atoms with van der Waals surface area (Å²) in [4.78, 5) is 4.14. The fourth-order valence-corrected chi connectivity index (χ4v) is 2.13. The standard InChI is InChI=1S/C14H18F3N3O.HI/c15-11-6-9(7-12(16)13(11)17)3-4-19-14(18)20-8-10-2-1-5-21-10;/h6-7,10H,1-5,8H2,(H3,18,19,20);1H. The molecule has 1 aromatic rings. The van der Waals surface area contributed by atoms with Gasteiger partial charge in [-0.15, -0.1) is 24.0 Å². The SMILES string of the molecule is I.NC(=NCC1CCCO1)NCCc1cc(F)c(F)c(F)c1. The molecular weight excluding hydrogens is 410 g/mol. The molecule has 1 aliphatic heterocycles. The Labute approximate surface area is 144 Å². The van der Waals surface area contributed by atoms with Crippen LogP contribution in [0.4, 0.5) is 13.2 Å². The maximum atomic E-state index is 13.0. The van der Waals surface area contributed by atoms with E-state index in [-0.39, 0.29) is 36.0 Å². The molecule has 1 saturated heterocycles. The van der Waals surface area contributed by atoms with E-state index < -0.39 is 17.5 Å². The fraction of sp³-hybridized carbons (Fsp3) is 0.500. The summed E-state index contributed by atoms with van der Waals surface area (Å²) in [6.07, 6.45) is 2.44. The minimum atomic E-state index is -1.45. The van der Waals surface area contributed by atoms with Gasteiger partial charge >= 0.3 is 0 Å². The van der Waals surface area contributed by atoms with E-state index in [4.69, 9.17) is 10.5 Å². The number of rotatable bonds is 5. The highest BCUT2D eigenvalue weighted by atomic mass is 127. The number of halogens is 4. The van der Waals surface area contributed by atoms with Crippen LogP contribution >= 0.6 is 24.0 Å². The Morgan fingerprint density at radius 2 is 2.00 bits per heavy atom. The second-order valence-corrected chi connectivity index (χ2v) is 4.91. The molecule has 1 unspecified atom stereocenters. The van der Waals surface area contributed by atoms with Crippen LogP contribution < -0.4 is 11.1 Å². The van der Waals surface area contributed by atoms with Gasteiger partial charge in [0.25, 0.3) is 0 Å². The number of nitrogens with two attached hydrogens (primary N) is 1. The molecule has 0 spiro atoms. The van der Waals surface area contributed by atoms with Crippen LogP contribution in [0.3, 0.4) is 0 Å². The predicted octanol–water partition coefficient (Wildman–Crippen LogP) is 2.35. The molecule has 1 atom stereocenters. The van der Waals surface area contributed by atoms with Crippen LogP contribution in [0.15, 0.2) is 17.1 Å². The zero-order chi connectivity index (χ0) is 15.2. The molecule has 0 saturated carbocycles. The van der Waals surface area contributed by atoms with Gasteiger partial charge in [0.05, 0.1) is 12.6 Å². The number of ether oxygens (including phenoxy) is 1. The lowest BCUT2D eigenvalue weighted by molar-refractivity contribution is 0.118. The average Bonchev–Trinajstić information content (AvgIpc) is 2.96. The largest absolute Gasteiger partial charge is 0.376 e. The molecular formula is C14H19F3IN3O. The number of nitrogens with zero attached hydrogens (tertiary/aromatic N) is 1. The Balaban J connectivity index is 0.00000242. The van der Waals surface area contributed by atoms with Gasteiger partial charge < -0.3 is 15.8 Å². The van der Waals surface area contributed by atoms with Gasteiger partial charge in [-0.05, 0) is 37.0 Å². The van der Waals surface area contributed by atoms with Crippen LogP contribution in [0.1, 0.15) is 18.4 Å². The zero-order valence-electron chi connectivity index (χ0n) is 11.9. The van der Waals surface area contributed by atoms with Gasteiger partial charge in [-0.1, -0.05) is 0 Å². The third-order valence-corrected chi connectivity index (χ3v) is 3.25. The minimum absolute atomic E-state index is 0. The number of aliphatic imine (C=N–C) groups is 1. The normalized spacial score (nSPS) is 18.1. The minimum Gasteiger partial charge on any atom is -0.376 e. The molecule has 1 fully saturated rings. The number of hydrogen-bond acceptors (Lipinski definition) is 2. The molecule has 0 amide bonds. The summed E-state index contributed by atoms with van der Waals surface area (Å²) in [5.41, 5.74) is 6.03. The summed E-state index contributed by atoms with van der Waals surface area (Å²) >= 11 is 0. The van der Waals surface area contributed by atoms with E-state index in [1.807, 2.05) is 0 Å². The summed E-state index contributed by atoms with van der Waals surface area (Å²) in [6.45, 7) is 1.61. The Morgan fingerprint density at radius 1 is 1.32 bits per heavy atom. The van der Waals surface area contributed by atoms with Gasteiger partial charge in [0, 0.05) is 13.2 Å². The molecule has 0 aliphatic carbocycles. The molecule has 0 radical (unpaired) electrons. The summed E-state index contributed by atoms with van der Waals surface area (Å²) in [6, 6.07) is 1.94. The lowest BCUT2D eigenvalue weighted by Crippen LogP contribution is -2.34. The zero-order valence-corrected chi connectivity index (χ0v) is 14.3. The van der Waals surface area contributed by atoms with Crippen molar-refractivity contribution in [1.82, 2.24) is 5.32 Å². The van der Waals surface area contributed by atoms with Crippen LogP contribution in [-0.2, 0) is 11.2 Å². The Hall–Kier alpha value is -1.03. The molecule has 8 heteroatoms. The molecule has 0 aromatic heterocycles. The molecule has 3 N–H and O–H groups in total. The second-order valence-electron chi connectivity index (χ2n) is 4.91. The summed E-state index contributed by atoms with van der Waals surface area (Å²) < 4.78 is 44.2. The van der Waals surface area contributed by atoms with Crippen molar-refractivity contribution in [3.8, 4) is 0 Å². The maximum absolute atomic E-state index is 13.0. The first-order chi connectivity index (χ1) is 10.1. The van der Waals surface area contributed by atoms with E-state index in [1.54, 1.807) is 0 Å². The van der Waals surface area contributed by atoms with Gasteiger partial charge in [-0.3, -0.25) is 4.99 Å². The molecule has 22 heavy (non-hydrogen) atoms. The second kappa shape index (κ2) is 9.19. The van der Waals surface area contributed by atoms with Crippen LogP contribution in [0.25, 0.3) is 0 Å². The highest BCUT2D eigenvalue weighted by molar-refractivity contribution is 14.0. The van der Waals surface area contributed by atoms with Crippen molar-refractivity contribution in [3.05, 3.63) is 35.1 Å². The lowest BCUT2D eigenvalue weighted by Gasteiger charge is -2.09. The number of guanidine groups is 1. The van der Waals surface area contributed by atoms with Crippen molar-refractivity contribution >= 4 is 29.9 Å². The van der Waals surface area contributed by atoms with Gasteiger partial charge in [-0.25, -0.2) is 13.2 Å². The summed E-state index contributed by atoms with van der Waals surface area (Å²) in [7, 11) is 0. The van der Waals surface area contributed by atoms with Crippen molar-refractivity contribution in [2.75, 3.05) is 19.7 Å². The Bertz CT molecular complexity index is 499. The van der Waals surface area contributed by atoms with Crippen LogP contribution in [0, 0.1) is 17.5 Å². The third kappa shape index (κ3) is 5.64. The molecule has 1 aromatic carbocycles. The van der Waals surface area contributed by atoms with E-state index in [1.165, 1.54) is 0 Å². The van der Waals surface area contributed by atoms with Gasteiger partial charge in [-0.2, -0.15) is 0 Å². The Morgan fingerprint density at radius 3 is 2.59 bits per heavy atom. The quantitative estimate of drug-likeness (QED) is 0.327. The third-order valence-electron chi connectivity index (χ3n) is 3.25. The number of nitrogens with one attached hydrogen (secondary N) is 1. The smallest absolute Gasteiger partial charge is 0.194 e. The van der Waals surface area contributed by atoms with Crippen LogP contribution in [0.5, 0.6) is 0 Å². The van der Waals surface area contributed by atoms with Gasteiger partial charge in [0.2, 0.25) is 0 Å². The molecule has 4 nitrogen and oxygen atoms in total. The average molecular weight is 429 g/mol. The first-order valence-corrected chi connectivity index (χ1v) is 6.85. The lowest BCUT2D eigenvalue weighted by atomic mass is 10.1. The van der Waals surface area contributed by atoms with E-state index in [0.717, 1.165) is 31.6 Å². The molecule has 0 bridgehead atoms.